The molecule has 1 unspecified atom stereocenters. The molecule has 0 spiro atoms. The van der Waals surface area contributed by atoms with E-state index >= 15 is 0 Å². The molecule has 3 aromatic heterocycles. The molecule has 4 heterocycles. The minimum atomic E-state index is -0.0655. The van der Waals surface area contributed by atoms with Crippen LogP contribution in [0.4, 0.5) is 0 Å². The summed E-state index contributed by atoms with van der Waals surface area (Å²) in [5, 5.41) is 9.59. The van der Waals surface area contributed by atoms with Crippen molar-refractivity contribution >= 4 is 21.6 Å². The summed E-state index contributed by atoms with van der Waals surface area (Å²) in [4.78, 5) is 9.05. The number of nitrogens with zero attached hydrogens (tertiary/aromatic N) is 3. The van der Waals surface area contributed by atoms with Gasteiger partial charge in [0, 0.05) is 18.3 Å². The summed E-state index contributed by atoms with van der Waals surface area (Å²) in [5.41, 5.74) is 1.85. The van der Waals surface area contributed by atoms with Gasteiger partial charge in [0.05, 0.1) is 15.6 Å². The van der Waals surface area contributed by atoms with Gasteiger partial charge in [0.25, 0.3) is 0 Å². The Hall–Kier alpha value is -1.79. The maximum Gasteiger partial charge on any atom is 0.234 e. The van der Waals surface area contributed by atoms with Crippen molar-refractivity contribution in [1.82, 2.24) is 20.4 Å². The number of thiophene rings is 1. The molecular formula is C15H16N4OS. The van der Waals surface area contributed by atoms with Crippen molar-refractivity contribution in [2.75, 3.05) is 13.1 Å². The first-order chi connectivity index (χ1) is 10.2. The number of aromatic nitrogens is 3. The molecule has 1 N–H and O–H groups in total. The summed E-state index contributed by atoms with van der Waals surface area (Å²) in [7, 11) is 0. The Morgan fingerprint density at radius 1 is 1.43 bits per heavy atom. The third-order valence-corrected chi connectivity index (χ3v) is 4.95. The van der Waals surface area contributed by atoms with Gasteiger partial charge in [0.15, 0.2) is 0 Å². The fourth-order valence-corrected chi connectivity index (χ4v) is 3.57. The van der Waals surface area contributed by atoms with Gasteiger partial charge in [-0.05, 0) is 43.8 Å². The monoisotopic (exact) mass is 300 g/mol. The summed E-state index contributed by atoms with van der Waals surface area (Å²) in [6, 6.07) is 4.09. The number of pyridine rings is 1. The highest BCUT2D eigenvalue weighted by atomic mass is 32.1. The molecular weight excluding hydrogens is 284 g/mol. The SMILES string of the molecule is CC1(c2nc(-c3cnc4ccsc4c3)no2)CCCNC1. The number of hydrogen-bond donors (Lipinski definition) is 1. The predicted octanol–water partition coefficient (Wildman–Crippen LogP) is 2.99. The van der Waals surface area contributed by atoms with E-state index in [1.807, 2.05) is 17.6 Å². The second kappa shape index (κ2) is 4.89. The van der Waals surface area contributed by atoms with Gasteiger partial charge in [-0.3, -0.25) is 4.98 Å². The van der Waals surface area contributed by atoms with Gasteiger partial charge in [-0.2, -0.15) is 4.98 Å². The molecule has 6 heteroatoms. The van der Waals surface area contributed by atoms with Crippen LogP contribution in [0.5, 0.6) is 0 Å². The van der Waals surface area contributed by atoms with E-state index in [0.717, 1.165) is 47.6 Å². The topological polar surface area (TPSA) is 63.8 Å². The molecule has 3 aromatic rings. The average Bonchev–Trinajstić information content (AvgIpc) is 3.17. The van der Waals surface area contributed by atoms with Crippen molar-refractivity contribution in [3.8, 4) is 11.4 Å². The van der Waals surface area contributed by atoms with Crippen LogP contribution in [0, 0.1) is 0 Å². The molecule has 1 aliphatic heterocycles. The third kappa shape index (κ3) is 2.24. The van der Waals surface area contributed by atoms with Crippen molar-refractivity contribution in [2.45, 2.75) is 25.2 Å². The first kappa shape index (κ1) is 12.9. The van der Waals surface area contributed by atoms with E-state index in [-0.39, 0.29) is 5.41 Å². The molecule has 5 nitrogen and oxygen atoms in total. The number of nitrogens with one attached hydrogen (secondary N) is 1. The molecule has 4 rings (SSSR count). The zero-order valence-corrected chi connectivity index (χ0v) is 12.6. The van der Waals surface area contributed by atoms with E-state index in [2.05, 4.69) is 33.4 Å². The Kier molecular flexibility index (Phi) is 3.01. The van der Waals surface area contributed by atoms with E-state index < -0.39 is 0 Å². The van der Waals surface area contributed by atoms with E-state index in [1.54, 1.807) is 11.3 Å². The Labute approximate surface area is 126 Å². The van der Waals surface area contributed by atoms with Crippen LogP contribution in [-0.4, -0.2) is 28.2 Å². The lowest BCUT2D eigenvalue weighted by Crippen LogP contribution is -2.41. The molecule has 0 bridgehead atoms. The van der Waals surface area contributed by atoms with Crippen LogP contribution in [0.2, 0.25) is 0 Å². The van der Waals surface area contributed by atoms with Crippen LogP contribution in [0.25, 0.3) is 21.6 Å². The summed E-state index contributed by atoms with van der Waals surface area (Å²) >= 11 is 1.67. The van der Waals surface area contributed by atoms with Crippen LogP contribution >= 0.6 is 11.3 Å². The van der Waals surface area contributed by atoms with Crippen molar-refractivity contribution in [2.24, 2.45) is 0 Å². The molecule has 0 saturated carbocycles. The van der Waals surface area contributed by atoms with Crippen LogP contribution < -0.4 is 5.32 Å². The Morgan fingerprint density at radius 3 is 3.24 bits per heavy atom. The predicted molar refractivity (Wildman–Crippen MR) is 82.4 cm³/mol. The van der Waals surface area contributed by atoms with E-state index in [9.17, 15) is 0 Å². The van der Waals surface area contributed by atoms with E-state index in [1.165, 1.54) is 0 Å². The molecule has 21 heavy (non-hydrogen) atoms. The van der Waals surface area contributed by atoms with Crippen LogP contribution in [0.1, 0.15) is 25.7 Å². The minimum Gasteiger partial charge on any atom is -0.338 e. The van der Waals surface area contributed by atoms with Crippen LogP contribution in [-0.2, 0) is 5.41 Å². The lowest BCUT2D eigenvalue weighted by Gasteiger charge is -2.30. The number of piperidine rings is 1. The highest BCUT2D eigenvalue weighted by Crippen LogP contribution is 2.31. The molecule has 0 radical (unpaired) electrons. The van der Waals surface area contributed by atoms with Gasteiger partial charge >= 0.3 is 0 Å². The number of fused-ring (bicyclic) bond motifs is 1. The first-order valence-electron chi connectivity index (χ1n) is 7.13. The van der Waals surface area contributed by atoms with Crippen molar-refractivity contribution in [3.63, 3.8) is 0 Å². The van der Waals surface area contributed by atoms with E-state index in [4.69, 9.17) is 4.52 Å². The molecule has 1 atom stereocenters. The summed E-state index contributed by atoms with van der Waals surface area (Å²) < 4.78 is 6.67. The van der Waals surface area contributed by atoms with Crippen molar-refractivity contribution in [1.29, 1.82) is 0 Å². The normalized spacial score (nSPS) is 22.7. The lowest BCUT2D eigenvalue weighted by atomic mass is 9.83. The van der Waals surface area contributed by atoms with Gasteiger partial charge in [-0.25, -0.2) is 0 Å². The van der Waals surface area contributed by atoms with Crippen molar-refractivity contribution in [3.05, 3.63) is 29.6 Å². The van der Waals surface area contributed by atoms with Gasteiger partial charge < -0.3 is 9.84 Å². The van der Waals surface area contributed by atoms with Gasteiger partial charge in [0.1, 0.15) is 0 Å². The first-order valence-corrected chi connectivity index (χ1v) is 8.01. The Morgan fingerprint density at radius 2 is 2.38 bits per heavy atom. The molecule has 0 aromatic carbocycles. The highest BCUT2D eigenvalue weighted by Gasteiger charge is 2.34. The third-order valence-electron chi connectivity index (χ3n) is 4.10. The summed E-state index contributed by atoms with van der Waals surface area (Å²) in [5.74, 6) is 1.34. The lowest BCUT2D eigenvalue weighted by molar-refractivity contribution is 0.245. The van der Waals surface area contributed by atoms with Gasteiger partial charge in [-0.1, -0.05) is 5.16 Å². The Bertz CT molecular complexity index is 773. The standard InChI is InChI=1S/C15H16N4OS/c1-15(4-2-5-16-9-15)14-18-13(19-20-14)10-7-12-11(17-8-10)3-6-21-12/h3,6-8,16H,2,4-5,9H2,1H3. The average molecular weight is 300 g/mol. The smallest absolute Gasteiger partial charge is 0.234 e. The molecule has 108 valence electrons. The van der Waals surface area contributed by atoms with E-state index in [0.29, 0.717) is 5.82 Å². The zero-order chi connectivity index (χ0) is 14.3. The molecule has 1 aliphatic rings. The molecule has 1 saturated heterocycles. The minimum absolute atomic E-state index is 0.0655. The summed E-state index contributed by atoms with van der Waals surface area (Å²) in [6.45, 7) is 4.13. The maximum absolute atomic E-state index is 5.53. The fraction of sp³-hybridized carbons (Fsp3) is 0.400. The maximum atomic E-state index is 5.53. The Balaban J connectivity index is 1.70. The van der Waals surface area contributed by atoms with Crippen LogP contribution in [0.15, 0.2) is 28.2 Å². The van der Waals surface area contributed by atoms with Crippen molar-refractivity contribution < 1.29 is 4.52 Å². The quantitative estimate of drug-likeness (QED) is 0.788. The largest absolute Gasteiger partial charge is 0.338 e. The molecule has 0 aliphatic carbocycles. The number of rotatable bonds is 2. The fourth-order valence-electron chi connectivity index (χ4n) is 2.79. The summed E-state index contributed by atoms with van der Waals surface area (Å²) in [6.07, 6.45) is 4.02. The zero-order valence-electron chi connectivity index (χ0n) is 11.8. The van der Waals surface area contributed by atoms with Gasteiger partial charge in [0.2, 0.25) is 11.7 Å². The molecule has 1 fully saturated rings. The molecule has 0 amide bonds. The number of hydrogen-bond acceptors (Lipinski definition) is 6. The highest BCUT2D eigenvalue weighted by molar-refractivity contribution is 7.17. The second-order valence-electron chi connectivity index (χ2n) is 5.79. The van der Waals surface area contributed by atoms with Crippen LogP contribution in [0.3, 0.4) is 0 Å². The van der Waals surface area contributed by atoms with Gasteiger partial charge in [-0.15, -0.1) is 11.3 Å². The second-order valence-corrected chi connectivity index (χ2v) is 6.74.